The van der Waals surface area contributed by atoms with Gasteiger partial charge in [-0.3, -0.25) is 19.2 Å². The van der Waals surface area contributed by atoms with Crippen molar-refractivity contribution in [3.8, 4) is 11.5 Å². The number of para-hydroxylation sites is 1. The summed E-state index contributed by atoms with van der Waals surface area (Å²) in [5.74, 6) is 0.176. The molecule has 4 rings (SSSR count). The molecule has 53 heavy (non-hydrogen) atoms. The number of hydrogen-bond acceptors (Lipinski definition) is 9. The minimum absolute atomic E-state index is 0.0369. The predicted molar refractivity (Wildman–Crippen MR) is 206 cm³/mol. The van der Waals surface area contributed by atoms with Gasteiger partial charge in [-0.25, -0.2) is 0 Å². The highest BCUT2D eigenvalue weighted by Gasteiger charge is 2.20. The van der Waals surface area contributed by atoms with E-state index in [2.05, 4.69) is 22.6 Å². The zero-order valence-electron chi connectivity index (χ0n) is 31.4. The first-order chi connectivity index (χ1) is 25.5. The molecule has 0 bridgehead atoms. The number of rotatable bonds is 19. The number of carbonyl (C=O) groups is 4. The summed E-state index contributed by atoms with van der Waals surface area (Å²) in [5, 5.41) is 5.88. The van der Waals surface area contributed by atoms with Gasteiger partial charge in [-0.15, -0.1) is 0 Å². The van der Waals surface area contributed by atoms with Gasteiger partial charge in [0.05, 0.1) is 31.1 Å². The molecule has 0 aromatic heterocycles. The Labute approximate surface area is 312 Å². The van der Waals surface area contributed by atoms with Crippen molar-refractivity contribution in [1.82, 2.24) is 14.7 Å². The Kier molecular flexibility index (Phi) is 16.1. The van der Waals surface area contributed by atoms with E-state index in [1.807, 2.05) is 24.0 Å². The third-order valence-electron chi connectivity index (χ3n) is 8.87. The highest BCUT2D eigenvalue weighted by Crippen LogP contribution is 2.28. The van der Waals surface area contributed by atoms with Crippen LogP contribution in [-0.4, -0.2) is 112 Å². The molecule has 4 N–H and O–H groups in total. The molecule has 0 aliphatic carbocycles. The van der Waals surface area contributed by atoms with Gasteiger partial charge in [0.25, 0.3) is 11.8 Å². The smallest absolute Gasteiger partial charge is 0.259 e. The molecule has 13 heteroatoms. The van der Waals surface area contributed by atoms with Crippen LogP contribution in [0.2, 0.25) is 0 Å². The third kappa shape index (κ3) is 12.9. The van der Waals surface area contributed by atoms with Gasteiger partial charge in [-0.2, -0.15) is 0 Å². The molecule has 0 spiro atoms. The standard InChI is InChI=1S/C40H54N6O7/c1-29-14-16-34(36(25-29)53-23-9-5-6-13-37(47)46-21-19-45(4)20-22-46)43-39(49)30-15-17-33(31(26-30)27-51-28-38(48)44(2)3)42-40(50)32-11-7-8-12-35(32)52-24-10-18-41/h7-8,11-12,14-17,25-26H,5-6,9-10,13,18-24,27-28,41H2,1-4H3,(H,42,50)(H,43,49). The number of likely N-dealkylation sites (N-methyl/N-ethyl adjacent to an activating group) is 2. The van der Waals surface area contributed by atoms with Gasteiger partial charge in [-0.1, -0.05) is 18.2 Å². The molecule has 0 radical (unpaired) electrons. The molecule has 1 saturated heterocycles. The van der Waals surface area contributed by atoms with Crippen LogP contribution in [0.5, 0.6) is 11.5 Å². The molecule has 0 atom stereocenters. The SMILES string of the molecule is Cc1ccc(NC(=O)c2ccc(NC(=O)c3ccccc3OCCCN)c(COCC(=O)N(C)C)c2)c(OCCCCCC(=O)N2CCN(C)CC2)c1. The molecule has 3 aromatic rings. The fourth-order valence-electron chi connectivity index (χ4n) is 5.59. The molecule has 1 aliphatic heterocycles. The van der Waals surface area contributed by atoms with E-state index < -0.39 is 5.91 Å². The number of nitrogens with two attached hydrogens (primary N) is 1. The molecular formula is C40H54N6O7. The van der Waals surface area contributed by atoms with Crippen LogP contribution in [0.1, 0.15) is 63.9 Å². The van der Waals surface area contributed by atoms with Crippen molar-refractivity contribution in [2.45, 2.75) is 45.6 Å². The average Bonchev–Trinajstić information content (AvgIpc) is 3.14. The molecule has 3 aromatic carbocycles. The van der Waals surface area contributed by atoms with Crippen LogP contribution < -0.4 is 25.8 Å². The Morgan fingerprint density at radius 1 is 0.792 bits per heavy atom. The summed E-state index contributed by atoms with van der Waals surface area (Å²) >= 11 is 0. The summed E-state index contributed by atoms with van der Waals surface area (Å²) in [6, 6.07) is 17.4. The van der Waals surface area contributed by atoms with Gasteiger partial charge >= 0.3 is 0 Å². The van der Waals surface area contributed by atoms with Crippen molar-refractivity contribution in [2.75, 3.05) is 84.3 Å². The van der Waals surface area contributed by atoms with E-state index in [4.69, 9.17) is 19.9 Å². The molecule has 286 valence electrons. The van der Waals surface area contributed by atoms with Gasteiger partial charge in [0.15, 0.2) is 0 Å². The van der Waals surface area contributed by atoms with Gasteiger partial charge in [-0.05, 0) is 94.2 Å². The summed E-state index contributed by atoms with van der Waals surface area (Å²) in [4.78, 5) is 57.4. The fraction of sp³-hybridized carbons (Fsp3) is 0.450. The maximum atomic E-state index is 13.6. The lowest BCUT2D eigenvalue weighted by molar-refractivity contribution is -0.134. The van der Waals surface area contributed by atoms with Gasteiger partial charge in [0.1, 0.15) is 18.1 Å². The topological polar surface area (TPSA) is 156 Å². The molecular weight excluding hydrogens is 676 g/mol. The number of hydrogen-bond donors (Lipinski definition) is 3. The van der Waals surface area contributed by atoms with Crippen LogP contribution in [0.3, 0.4) is 0 Å². The molecule has 0 unspecified atom stereocenters. The number of benzene rings is 3. The summed E-state index contributed by atoms with van der Waals surface area (Å²) in [7, 11) is 5.34. The van der Waals surface area contributed by atoms with Crippen molar-refractivity contribution in [3.05, 3.63) is 82.9 Å². The van der Waals surface area contributed by atoms with E-state index in [1.165, 1.54) is 4.90 Å². The van der Waals surface area contributed by atoms with Crippen molar-refractivity contribution in [1.29, 1.82) is 0 Å². The maximum absolute atomic E-state index is 13.6. The Balaban J connectivity index is 1.40. The van der Waals surface area contributed by atoms with Gasteiger partial charge in [0.2, 0.25) is 11.8 Å². The van der Waals surface area contributed by atoms with Crippen LogP contribution in [0.15, 0.2) is 60.7 Å². The second-order valence-electron chi connectivity index (χ2n) is 13.4. The van der Waals surface area contributed by atoms with Crippen molar-refractivity contribution in [2.24, 2.45) is 5.73 Å². The monoisotopic (exact) mass is 730 g/mol. The van der Waals surface area contributed by atoms with Crippen LogP contribution in [0, 0.1) is 6.92 Å². The summed E-state index contributed by atoms with van der Waals surface area (Å²) in [5.41, 5.74) is 8.68. The first kappa shape index (κ1) is 40.8. The van der Waals surface area contributed by atoms with Crippen LogP contribution in [0.25, 0.3) is 0 Å². The highest BCUT2D eigenvalue weighted by atomic mass is 16.5. The third-order valence-corrected chi connectivity index (χ3v) is 8.87. The average molecular weight is 731 g/mol. The normalized spacial score (nSPS) is 13.0. The number of nitrogens with one attached hydrogen (secondary N) is 2. The molecule has 1 aliphatic rings. The summed E-state index contributed by atoms with van der Waals surface area (Å²) in [6.07, 6.45) is 3.60. The summed E-state index contributed by atoms with van der Waals surface area (Å²) < 4.78 is 17.6. The maximum Gasteiger partial charge on any atom is 0.259 e. The number of carbonyl (C=O) groups excluding carboxylic acids is 4. The predicted octanol–water partition coefficient (Wildman–Crippen LogP) is 4.55. The Bertz CT molecular complexity index is 1690. The zero-order valence-corrected chi connectivity index (χ0v) is 31.4. The Hall–Kier alpha value is -4.98. The van der Waals surface area contributed by atoms with E-state index in [-0.39, 0.29) is 30.9 Å². The van der Waals surface area contributed by atoms with Crippen LogP contribution in [0.4, 0.5) is 11.4 Å². The number of nitrogens with zero attached hydrogens (tertiary/aromatic N) is 3. The summed E-state index contributed by atoms with van der Waals surface area (Å²) in [6.45, 7) is 6.42. The lowest BCUT2D eigenvalue weighted by Gasteiger charge is -2.32. The van der Waals surface area contributed by atoms with Crippen LogP contribution >= 0.6 is 0 Å². The zero-order chi connectivity index (χ0) is 38.2. The quantitative estimate of drug-likeness (QED) is 0.151. The number of ether oxygens (including phenoxy) is 3. The number of aryl methyl sites for hydroxylation is 1. The van der Waals surface area contributed by atoms with E-state index in [0.717, 1.165) is 51.0 Å². The minimum atomic E-state index is -0.403. The van der Waals surface area contributed by atoms with Crippen LogP contribution in [-0.2, 0) is 20.9 Å². The number of piperazine rings is 1. The lowest BCUT2D eigenvalue weighted by atomic mass is 10.1. The van der Waals surface area contributed by atoms with Crippen molar-refractivity contribution < 1.29 is 33.4 Å². The van der Waals surface area contributed by atoms with Crippen molar-refractivity contribution >= 4 is 35.0 Å². The highest BCUT2D eigenvalue weighted by molar-refractivity contribution is 6.08. The van der Waals surface area contributed by atoms with Gasteiger partial charge < -0.3 is 45.3 Å². The van der Waals surface area contributed by atoms with E-state index in [0.29, 0.717) is 72.2 Å². The molecule has 1 heterocycles. The second kappa shape index (κ2) is 20.9. The number of unbranched alkanes of at least 4 members (excludes halogenated alkanes) is 2. The first-order valence-electron chi connectivity index (χ1n) is 18.2. The van der Waals surface area contributed by atoms with E-state index in [1.54, 1.807) is 62.6 Å². The molecule has 4 amide bonds. The number of amides is 4. The van der Waals surface area contributed by atoms with E-state index in [9.17, 15) is 19.2 Å². The largest absolute Gasteiger partial charge is 0.493 e. The molecule has 0 saturated carbocycles. The Morgan fingerprint density at radius 3 is 2.25 bits per heavy atom. The fourth-order valence-corrected chi connectivity index (χ4v) is 5.59. The second-order valence-corrected chi connectivity index (χ2v) is 13.4. The Morgan fingerprint density at radius 2 is 1.49 bits per heavy atom. The minimum Gasteiger partial charge on any atom is -0.493 e. The van der Waals surface area contributed by atoms with Crippen molar-refractivity contribution in [3.63, 3.8) is 0 Å². The lowest BCUT2D eigenvalue weighted by Crippen LogP contribution is -2.47. The molecule has 13 nitrogen and oxygen atoms in total. The number of anilines is 2. The van der Waals surface area contributed by atoms with Gasteiger partial charge in [0, 0.05) is 63.5 Å². The first-order valence-corrected chi connectivity index (χ1v) is 18.2. The van der Waals surface area contributed by atoms with E-state index >= 15 is 0 Å². The molecule has 1 fully saturated rings.